The van der Waals surface area contributed by atoms with E-state index in [2.05, 4.69) is 0 Å². The first-order chi connectivity index (χ1) is 7.20. The highest BCUT2D eigenvalue weighted by Gasteiger charge is 2.28. The van der Waals surface area contributed by atoms with Gasteiger partial charge in [0.25, 0.3) is 0 Å². The smallest absolute Gasteiger partial charge is 0.239 e. The van der Waals surface area contributed by atoms with Crippen LogP contribution in [0.25, 0.3) is 0 Å². The molecule has 1 saturated heterocycles. The first-order valence-electron chi connectivity index (χ1n) is 5.82. The van der Waals surface area contributed by atoms with Crippen molar-refractivity contribution in [1.29, 1.82) is 0 Å². The van der Waals surface area contributed by atoms with Crippen molar-refractivity contribution in [2.75, 3.05) is 26.3 Å². The van der Waals surface area contributed by atoms with E-state index in [1.165, 1.54) is 0 Å². The lowest BCUT2D eigenvalue weighted by Gasteiger charge is -2.30. The van der Waals surface area contributed by atoms with Crippen LogP contribution in [0.3, 0.4) is 0 Å². The lowest BCUT2D eigenvalue weighted by Crippen LogP contribution is -2.48. The van der Waals surface area contributed by atoms with Gasteiger partial charge in [-0.05, 0) is 32.6 Å². The molecule has 0 aromatic carbocycles. The van der Waals surface area contributed by atoms with Gasteiger partial charge in [-0.15, -0.1) is 12.4 Å². The van der Waals surface area contributed by atoms with Gasteiger partial charge in [-0.2, -0.15) is 0 Å². The van der Waals surface area contributed by atoms with Crippen LogP contribution in [0, 0.1) is 5.92 Å². The van der Waals surface area contributed by atoms with Gasteiger partial charge in [-0.25, -0.2) is 0 Å². The lowest BCUT2D eigenvalue weighted by atomic mass is 9.91. The number of halogens is 1. The van der Waals surface area contributed by atoms with Crippen molar-refractivity contribution < 1.29 is 9.53 Å². The van der Waals surface area contributed by atoms with Gasteiger partial charge in [0.2, 0.25) is 5.91 Å². The number of nitrogens with two attached hydrogens (primary N) is 1. The van der Waals surface area contributed by atoms with Crippen LogP contribution >= 0.6 is 12.4 Å². The van der Waals surface area contributed by atoms with Crippen LogP contribution < -0.4 is 5.73 Å². The third-order valence-corrected chi connectivity index (χ3v) is 3.13. The molecule has 2 N–H and O–H groups in total. The molecule has 0 saturated carbocycles. The summed E-state index contributed by atoms with van der Waals surface area (Å²) in [6.45, 7) is 6.93. The van der Waals surface area contributed by atoms with Crippen LogP contribution in [0.4, 0.5) is 0 Å². The molecule has 1 fully saturated rings. The fraction of sp³-hybridized carbons (Fsp3) is 0.909. The van der Waals surface area contributed by atoms with Gasteiger partial charge >= 0.3 is 0 Å². The van der Waals surface area contributed by atoms with E-state index in [0.717, 1.165) is 39.1 Å². The molecule has 1 aliphatic heterocycles. The second-order valence-corrected chi connectivity index (χ2v) is 3.99. The van der Waals surface area contributed by atoms with Gasteiger partial charge in [-0.1, -0.05) is 0 Å². The highest BCUT2D eigenvalue weighted by molar-refractivity contribution is 5.85. The topological polar surface area (TPSA) is 55.6 Å². The molecule has 16 heavy (non-hydrogen) atoms. The molecular weight excluding hydrogens is 228 g/mol. The number of likely N-dealkylation sites (N-methyl/N-ethyl adjacent to an activating group) is 1. The summed E-state index contributed by atoms with van der Waals surface area (Å²) in [4.78, 5) is 13.8. The van der Waals surface area contributed by atoms with Crippen LogP contribution in [0.2, 0.25) is 0 Å². The zero-order valence-electron chi connectivity index (χ0n) is 10.1. The minimum absolute atomic E-state index is 0. The number of amides is 1. The molecule has 0 bridgehead atoms. The number of nitrogens with zero attached hydrogens (tertiary/aromatic N) is 1. The Labute approximate surface area is 104 Å². The van der Waals surface area contributed by atoms with Gasteiger partial charge in [-0.3, -0.25) is 4.79 Å². The highest BCUT2D eigenvalue weighted by atomic mass is 35.5. The second-order valence-electron chi connectivity index (χ2n) is 3.99. The zero-order chi connectivity index (χ0) is 11.3. The zero-order valence-corrected chi connectivity index (χ0v) is 11.0. The van der Waals surface area contributed by atoms with Crippen molar-refractivity contribution in [2.45, 2.75) is 32.7 Å². The summed E-state index contributed by atoms with van der Waals surface area (Å²) in [7, 11) is 0. The Balaban J connectivity index is 0.00000225. The van der Waals surface area contributed by atoms with Crippen molar-refractivity contribution in [3.8, 4) is 0 Å². The van der Waals surface area contributed by atoms with Crippen molar-refractivity contribution in [3.63, 3.8) is 0 Å². The molecule has 0 radical (unpaired) electrons. The van der Waals surface area contributed by atoms with Gasteiger partial charge in [0.15, 0.2) is 0 Å². The van der Waals surface area contributed by atoms with Crippen LogP contribution in [-0.4, -0.2) is 43.2 Å². The Bertz CT molecular complexity index is 204. The number of carbonyl (C=O) groups excluding carboxylic acids is 1. The van der Waals surface area contributed by atoms with Crippen LogP contribution in [0.15, 0.2) is 0 Å². The molecule has 5 heteroatoms. The summed E-state index contributed by atoms with van der Waals surface area (Å²) in [5.74, 6) is 0.388. The van der Waals surface area contributed by atoms with Crippen molar-refractivity contribution in [2.24, 2.45) is 11.7 Å². The van der Waals surface area contributed by atoms with Crippen LogP contribution in [0.1, 0.15) is 26.7 Å². The molecule has 0 spiro atoms. The molecule has 0 aromatic heterocycles. The summed E-state index contributed by atoms with van der Waals surface area (Å²) >= 11 is 0. The number of hydrogen-bond donors (Lipinski definition) is 1. The number of ether oxygens (including phenoxy) is 1. The standard InChI is InChI=1S/C11H22N2O2.ClH/c1-3-13(4-2)11(14)10(12)9-5-7-15-8-6-9;/h9-10H,3-8,12H2,1-2H3;1H. The molecule has 1 rings (SSSR count). The first kappa shape index (κ1) is 15.7. The minimum atomic E-state index is -0.339. The maximum absolute atomic E-state index is 12.0. The SMILES string of the molecule is CCN(CC)C(=O)C(N)C1CCOCC1.Cl. The monoisotopic (exact) mass is 250 g/mol. The molecular formula is C11H23ClN2O2. The number of rotatable bonds is 4. The van der Waals surface area contributed by atoms with Gasteiger partial charge in [0.05, 0.1) is 6.04 Å². The third-order valence-electron chi connectivity index (χ3n) is 3.13. The first-order valence-corrected chi connectivity index (χ1v) is 5.82. The summed E-state index contributed by atoms with van der Waals surface area (Å²) in [5.41, 5.74) is 6.00. The molecule has 4 nitrogen and oxygen atoms in total. The van der Waals surface area contributed by atoms with Crippen molar-refractivity contribution >= 4 is 18.3 Å². The number of carbonyl (C=O) groups is 1. The largest absolute Gasteiger partial charge is 0.381 e. The molecule has 0 aromatic rings. The summed E-state index contributed by atoms with van der Waals surface area (Å²) < 4.78 is 5.26. The minimum Gasteiger partial charge on any atom is -0.381 e. The fourth-order valence-electron chi connectivity index (χ4n) is 2.02. The predicted molar refractivity (Wildman–Crippen MR) is 66.7 cm³/mol. The molecule has 1 amide bonds. The Morgan fingerprint density at radius 2 is 1.88 bits per heavy atom. The van der Waals surface area contributed by atoms with Gasteiger partial charge < -0.3 is 15.4 Å². The molecule has 0 aliphatic carbocycles. The Morgan fingerprint density at radius 1 is 1.38 bits per heavy atom. The second kappa shape index (κ2) is 7.87. The summed E-state index contributed by atoms with van der Waals surface area (Å²) in [6, 6.07) is -0.339. The van der Waals surface area contributed by atoms with Crippen molar-refractivity contribution in [3.05, 3.63) is 0 Å². The Morgan fingerprint density at radius 3 is 2.31 bits per heavy atom. The fourth-order valence-corrected chi connectivity index (χ4v) is 2.02. The molecule has 1 aliphatic rings. The number of hydrogen-bond acceptors (Lipinski definition) is 3. The van der Waals surface area contributed by atoms with E-state index in [9.17, 15) is 4.79 Å². The van der Waals surface area contributed by atoms with E-state index in [-0.39, 0.29) is 24.4 Å². The van der Waals surface area contributed by atoms with E-state index >= 15 is 0 Å². The van der Waals surface area contributed by atoms with E-state index in [1.54, 1.807) is 4.90 Å². The Hall–Kier alpha value is -0.320. The van der Waals surface area contributed by atoms with E-state index in [1.807, 2.05) is 13.8 Å². The molecule has 1 atom stereocenters. The Kier molecular flexibility index (Phi) is 7.72. The van der Waals surface area contributed by atoms with E-state index < -0.39 is 0 Å². The maximum atomic E-state index is 12.0. The molecule has 96 valence electrons. The van der Waals surface area contributed by atoms with E-state index in [0.29, 0.717) is 5.92 Å². The van der Waals surface area contributed by atoms with Crippen molar-refractivity contribution in [1.82, 2.24) is 4.90 Å². The maximum Gasteiger partial charge on any atom is 0.239 e. The van der Waals surface area contributed by atoms with Gasteiger partial charge in [0, 0.05) is 26.3 Å². The van der Waals surface area contributed by atoms with E-state index in [4.69, 9.17) is 10.5 Å². The predicted octanol–water partition coefficient (Wildman–Crippen LogP) is 1.03. The summed E-state index contributed by atoms with van der Waals surface area (Å²) in [5, 5.41) is 0. The van der Waals surface area contributed by atoms with Crippen LogP contribution in [-0.2, 0) is 9.53 Å². The average Bonchev–Trinajstić information content (AvgIpc) is 2.30. The summed E-state index contributed by atoms with van der Waals surface area (Å²) in [6.07, 6.45) is 1.82. The molecule has 1 heterocycles. The third kappa shape index (κ3) is 3.92. The quantitative estimate of drug-likeness (QED) is 0.811. The average molecular weight is 251 g/mol. The highest BCUT2D eigenvalue weighted by Crippen LogP contribution is 2.18. The van der Waals surface area contributed by atoms with Gasteiger partial charge in [0.1, 0.15) is 0 Å². The lowest BCUT2D eigenvalue weighted by molar-refractivity contribution is -0.134. The van der Waals surface area contributed by atoms with Crippen LogP contribution in [0.5, 0.6) is 0 Å². The molecule has 1 unspecified atom stereocenters. The normalized spacial score (nSPS) is 18.7.